The van der Waals surface area contributed by atoms with E-state index in [9.17, 15) is 0 Å². The molecule has 1 aromatic heterocycles. The second-order valence-corrected chi connectivity index (χ2v) is 4.32. The molecule has 3 aromatic rings. The summed E-state index contributed by atoms with van der Waals surface area (Å²) in [6.45, 7) is 2.14. The maximum absolute atomic E-state index is 2.26. The van der Waals surface area contributed by atoms with Crippen LogP contribution in [0.15, 0.2) is 48.7 Å². The van der Waals surface area contributed by atoms with E-state index in [4.69, 9.17) is 0 Å². The van der Waals surface area contributed by atoms with Crippen LogP contribution in [0.5, 0.6) is 0 Å². The molecule has 0 aliphatic rings. The average molecular weight is 208 g/mol. The lowest BCUT2D eigenvalue weighted by molar-refractivity contribution is -0.676. The largest absolute Gasteiger partial charge is 0.205 e. The Kier molecular flexibility index (Phi) is 1.93. The van der Waals surface area contributed by atoms with Gasteiger partial charge in [0, 0.05) is 23.8 Å². The molecule has 0 aliphatic heterocycles. The van der Waals surface area contributed by atoms with Gasteiger partial charge in [-0.3, -0.25) is 0 Å². The highest BCUT2D eigenvalue weighted by Crippen LogP contribution is 2.24. The number of rotatable bonds is 0. The van der Waals surface area contributed by atoms with Gasteiger partial charge in [0.2, 0.25) is 0 Å². The number of nitrogens with zero attached hydrogens (tertiary/aromatic N) is 1. The zero-order valence-electron chi connectivity index (χ0n) is 9.57. The van der Waals surface area contributed by atoms with Crippen molar-refractivity contribution in [1.29, 1.82) is 0 Å². The molecule has 0 amide bonds. The standard InChI is InChI=1S/C15H14N/c1-11-9-15-13(10-16(11)2)8-7-12-5-3-4-6-14(12)15/h3-10H,1-2H3/q+1. The van der Waals surface area contributed by atoms with Gasteiger partial charge in [0.1, 0.15) is 7.05 Å². The van der Waals surface area contributed by atoms with Gasteiger partial charge in [-0.15, -0.1) is 0 Å². The summed E-state index contributed by atoms with van der Waals surface area (Å²) in [4.78, 5) is 0. The first-order valence-electron chi connectivity index (χ1n) is 5.53. The van der Waals surface area contributed by atoms with Gasteiger partial charge in [0.05, 0.1) is 0 Å². The molecule has 1 heteroatoms. The second kappa shape index (κ2) is 3.31. The number of aromatic nitrogens is 1. The molecule has 0 aliphatic carbocycles. The van der Waals surface area contributed by atoms with Crippen LogP contribution in [0, 0.1) is 6.92 Å². The van der Waals surface area contributed by atoms with E-state index in [1.54, 1.807) is 0 Å². The van der Waals surface area contributed by atoms with Gasteiger partial charge >= 0.3 is 0 Å². The van der Waals surface area contributed by atoms with Gasteiger partial charge in [-0.05, 0) is 16.8 Å². The van der Waals surface area contributed by atoms with Crippen molar-refractivity contribution >= 4 is 21.5 Å². The normalized spacial score (nSPS) is 11.1. The summed E-state index contributed by atoms with van der Waals surface area (Å²) in [6.07, 6.45) is 2.19. The van der Waals surface area contributed by atoms with Gasteiger partial charge < -0.3 is 0 Å². The Balaban J connectivity index is 2.55. The molecule has 0 radical (unpaired) electrons. The van der Waals surface area contributed by atoms with Gasteiger partial charge in [-0.1, -0.05) is 30.3 Å². The molecule has 0 spiro atoms. The van der Waals surface area contributed by atoms with Crippen LogP contribution in [0.25, 0.3) is 21.5 Å². The quantitative estimate of drug-likeness (QED) is 0.395. The fraction of sp³-hybridized carbons (Fsp3) is 0.133. The highest BCUT2D eigenvalue weighted by molar-refractivity contribution is 6.06. The molecule has 0 fully saturated rings. The molecule has 0 atom stereocenters. The molecule has 78 valence electrons. The van der Waals surface area contributed by atoms with Crippen LogP contribution in [0.1, 0.15) is 5.69 Å². The predicted octanol–water partition coefficient (Wildman–Crippen LogP) is 3.13. The van der Waals surface area contributed by atoms with E-state index < -0.39 is 0 Å². The molecule has 3 rings (SSSR count). The maximum atomic E-state index is 2.26. The van der Waals surface area contributed by atoms with E-state index in [1.165, 1.54) is 27.2 Å². The van der Waals surface area contributed by atoms with Crippen LogP contribution in [-0.2, 0) is 7.05 Å². The van der Waals surface area contributed by atoms with Gasteiger partial charge in [-0.25, -0.2) is 4.57 Å². The van der Waals surface area contributed by atoms with E-state index in [-0.39, 0.29) is 0 Å². The SMILES string of the molecule is Cc1cc2c(ccc3ccccc32)c[n+]1C. The molecule has 16 heavy (non-hydrogen) atoms. The summed E-state index contributed by atoms with van der Waals surface area (Å²) >= 11 is 0. The Morgan fingerprint density at radius 3 is 2.50 bits per heavy atom. The van der Waals surface area contributed by atoms with E-state index in [0.29, 0.717) is 0 Å². The molecule has 0 bridgehead atoms. The van der Waals surface area contributed by atoms with E-state index in [0.717, 1.165) is 0 Å². The number of fused-ring (bicyclic) bond motifs is 3. The number of hydrogen-bond donors (Lipinski definition) is 0. The molecular weight excluding hydrogens is 194 g/mol. The van der Waals surface area contributed by atoms with Crippen molar-refractivity contribution in [3.63, 3.8) is 0 Å². The van der Waals surface area contributed by atoms with Crippen molar-refractivity contribution in [3.05, 3.63) is 54.4 Å². The lowest BCUT2D eigenvalue weighted by Crippen LogP contribution is -2.30. The Morgan fingerprint density at radius 2 is 1.62 bits per heavy atom. The lowest BCUT2D eigenvalue weighted by Gasteiger charge is -2.03. The van der Waals surface area contributed by atoms with Crippen LogP contribution < -0.4 is 4.57 Å². The molecule has 0 N–H and O–H groups in total. The molecule has 1 nitrogen and oxygen atoms in total. The summed E-state index contributed by atoms with van der Waals surface area (Å²) in [7, 11) is 2.09. The van der Waals surface area contributed by atoms with Crippen molar-refractivity contribution in [2.24, 2.45) is 7.05 Å². The number of aryl methyl sites for hydroxylation is 2. The van der Waals surface area contributed by atoms with Crippen LogP contribution in [0.4, 0.5) is 0 Å². The Morgan fingerprint density at radius 1 is 0.875 bits per heavy atom. The third-order valence-corrected chi connectivity index (χ3v) is 3.25. The molecular formula is C15H14N+. The van der Waals surface area contributed by atoms with Gasteiger partial charge in [0.25, 0.3) is 0 Å². The second-order valence-electron chi connectivity index (χ2n) is 4.32. The lowest BCUT2D eigenvalue weighted by atomic mass is 10.0. The third-order valence-electron chi connectivity index (χ3n) is 3.25. The minimum absolute atomic E-state index is 1.28. The fourth-order valence-electron chi connectivity index (χ4n) is 2.21. The topological polar surface area (TPSA) is 3.88 Å². The number of benzene rings is 2. The van der Waals surface area contributed by atoms with Crippen molar-refractivity contribution in [1.82, 2.24) is 0 Å². The molecule has 0 saturated carbocycles. The summed E-state index contributed by atoms with van der Waals surface area (Å²) in [5.74, 6) is 0. The summed E-state index contributed by atoms with van der Waals surface area (Å²) < 4.78 is 2.16. The van der Waals surface area contributed by atoms with Crippen LogP contribution in [-0.4, -0.2) is 0 Å². The first-order valence-corrected chi connectivity index (χ1v) is 5.53. The van der Waals surface area contributed by atoms with Crippen molar-refractivity contribution in [3.8, 4) is 0 Å². The predicted molar refractivity (Wildman–Crippen MR) is 67.4 cm³/mol. The van der Waals surface area contributed by atoms with Gasteiger partial charge in [0.15, 0.2) is 11.9 Å². The van der Waals surface area contributed by atoms with Crippen LogP contribution in [0.2, 0.25) is 0 Å². The Labute approximate surface area is 95.0 Å². The first-order chi connectivity index (χ1) is 7.75. The number of pyridine rings is 1. The highest BCUT2D eigenvalue weighted by Gasteiger charge is 2.06. The van der Waals surface area contributed by atoms with Crippen molar-refractivity contribution in [2.75, 3.05) is 0 Å². The molecule has 0 unspecified atom stereocenters. The van der Waals surface area contributed by atoms with E-state index in [2.05, 4.69) is 67.2 Å². The third kappa shape index (κ3) is 1.28. The molecule has 0 saturated heterocycles. The summed E-state index contributed by atoms with van der Waals surface area (Å²) in [5, 5.41) is 5.28. The Hall–Kier alpha value is -1.89. The van der Waals surface area contributed by atoms with Crippen molar-refractivity contribution < 1.29 is 4.57 Å². The summed E-state index contributed by atoms with van der Waals surface area (Å²) in [6, 6.07) is 15.2. The minimum Gasteiger partial charge on any atom is -0.205 e. The smallest absolute Gasteiger partial charge is 0.178 e. The first kappa shape index (κ1) is 9.34. The summed E-state index contributed by atoms with van der Waals surface area (Å²) in [5.41, 5.74) is 1.28. The molecule has 1 heterocycles. The van der Waals surface area contributed by atoms with E-state index in [1.807, 2.05) is 0 Å². The number of hydrogen-bond acceptors (Lipinski definition) is 0. The van der Waals surface area contributed by atoms with Gasteiger partial charge in [-0.2, -0.15) is 0 Å². The minimum atomic E-state index is 1.28. The van der Waals surface area contributed by atoms with Crippen LogP contribution in [0.3, 0.4) is 0 Å². The monoisotopic (exact) mass is 208 g/mol. The van der Waals surface area contributed by atoms with E-state index >= 15 is 0 Å². The zero-order chi connectivity index (χ0) is 11.1. The highest BCUT2D eigenvalue weighted by atomic mass is 14.9. The maximum Gasteiger partial charge on any atom is 0.178 e. The Bertz CT molecular complexity index is 683. The zero-order valence-corrected chi connectivity index (χ0v) is 9.57. The van der Waals surface area contributed by atoms with Crippen LogP contribution >= 0.6 is 0 Å². The fourth-order valence-corrected chi connectivity index (χ4v) is 2.21. The molecule has 2 aromatic carbocycles. The van der Waals surface area contributed by atoms with Crippen molar-refractivity contribution in [2.45, 2.75) is 6.92 Å². The average Bonchev–Trinajstić information content (AvgIpc) is 2.31.